The normalized spacial score (nSPS) is 20.7. The summed E-state index contributed by atoms with van der Waals surface area (Å²) >= 11 is 0. The number of methoxy groups -OCH3 is 1. The summed E-state index contributed by atoms with van der Waals surface area (Å²) in [4.78, 5) is 15.4. The maximum absolute atomic E-state index is 13.1. The molecule has 0 unspecified atom stereocenters. The number of nitrogens with zero attached hydrogens (tertiary/aromatic N) is 1. The summed E-state index contributed by atoms with van der Waals surface area (Å²) in [5.41, 5.74) is 2.42. The predicted molar refractivity (Wildman–Crippen MR) is 115 cm³/mol. The molecule has 2 aromatic carbocycles. The Kier molecular flexibility index (Phi) is 5.97. The highest BCUT2D eigenvalue weighted by Crippen LogP contribution is 2.41. The van der Waals surface area contributed by atoms with Gasteiger partial charge in [-0.05, 0) is 43.7 Å². The molecule has 0 bridgehead atoms. The van der Waals surface area contributed by atoms with Crippen molar-refractivity contribution >= 4 is 5.91 Å². The highest BCUT2D eigenvalue weighted by Gasteiger charge is 2.35. The van der Waals surface area contributed by atoms with E-state index in [0.29, 0.717) is 12.0 Å². The monoisotopic (exact) mass is 410 g/mol. The van der Waals surface area contributed by atoms with E-state index < -0.39 is 0 Å². The number of hydrogen-bond donors (Lipinski definition) is 1. The fourth-order valence-corrected chi connectivity index (χ4v) is 4.16. The summed E-state index contributed by atoms with van der Waals surface area (Å²) in [6, 6.07) is 13.5. The van der Waals surface area contributed by atoms with Crippen LogP contribution in [0.5, 0.6) is 11.5 Å². The first-order valence-corrected chi connectivity index (χ1v) is 10.5. The molecule has 0 radical (unpaired) electrons. The molecule has 1 saturated heterocycles. The second kappa shape index (κ2) is 8.66. The number of ether oxygens (including phenoxy) is 3. The molecule has 2 aromatic rings. The van der Waals surface area contributed by atoms with Crippen LogP contribution < -0.4 is 14.8 Å². The number of carbonyl (C=O) groups is 1. The Balaban J connectivity index is 1.50. The second-order valence-corrected chi connectivity index (χ2v) is 8.58. The quantitative estimate of drug-likeness (QED) is 0.817. The zero-order chi connectivity index (χ0) is 21.1. The van der Waals surface area contributed by atoms with Crippen LogP contribution in [0.4, 0.5) is 0 Å². The van der Waals surface area contributed by atoms with E-state index >= 15 is 0 Å². The van der Waals surface area contributed by atoms with Crippen molar-refractivity contribution in [1.29, 1.82) is 0 Å². The van der Waals surface area contributed by atoms with Crippen LogP contribution in [0.15, 0.2) is 42.5 Å². The first kappa shape index (κ1) is 20.7. The van der Waals surface area contributed by atoms with Crippen LogP contribution in [0, 0.1) is 0 Å². The Morgan fingerprint density at radius 3 is 2.77 bits per heavy atom. The van der Waals surface area contributed by atoms with E-state index in [9.17, 15) is 4.79 Å². The summed E-state index contributed by atoms with van der Waals surface area (Å²) in [6.07, 6.45) is 0.700. The van der Waals surface area contributed by atoms with Gasteiger partial charge >= 0.3 is 0 Å². The smallest absolute Gasteiger partial charge is 0.251 e. The SMILES string of the molecule is COc1ccc2c(c1)OC(C)(C)C[C@@H]2NC(=O)c1cccc(CN2CCOCC2)c1. The molecule has 0 spiro atoms. The molecule has 1 N–H and O–H groups in total. The van der Waals surface area contributed by atoms with Crippen LogP contribution in [-0.4, -0.2) is 49.8 Å². The van der Waals surface area contributed by atoms with Gasteiger partial charge < -0.3 is 19.5 Å². The van der Waals surface area contributed by atoms with Gasteiger partial charge in [0.15, 0.2) is 0 Å². The lowest BCUT2D eigenvalue weighted by atomic mass is 9.89. The predicted octanol–water partition coefficient (Wildman–Crippen LogP) is 3.56. The van der Waals surface area contributed by atoms with Crippen molar-refractivity contribution in [2.75, 3.05) is 33.4 Å². The molecule has 2 aliphatic rings. The van der Waals surface area contributed by atoms with E-state index in [1.54, 1.807) is 7.11 Å². The molecular formula is C24H30N2O4. The van der Waals surface area contributed by atoms with Gasteiger partial charge in [0, 0.05) is 43.2 Å². The molecule has 2 aliphatic heterocycles. The molecule has 6 heteroatoms. The van der Waals surface area contributed by atoms with E-state index in [1.807, 2.05) is 50.2 Å². The van der Waals surface area contributed by atoms with Crippen LogP contribution in [-0.2, 0) is 11.3 Å². The number of morpholine rings is 1. The second-order valence-electron chi connectivity index (χ2n) is 8.58. The third-order valence-corrected chi connectivity index (χ3v) is 5.68. The van der Waals surface area contributed by atoms with Crippen LogP contribution in [0.1, 0.15) is 47.8 Å². The van der Waals surface area contributed by atoms with Gasteiger partial charge in [-0.15, -0.1) is 0 Å². The zero-order valence-corrected chi connectivity index (χ0v) is 17.9. The van der Waals surface area contributed by atoms with Crippen LogP contribution in [0.25, 0.3) is 0 Å². The van der Waals surface area contributed by atoms with Crippen molar-refractivity contribution in [2.24, 2.45) is 0 Å². The Morgan fingerprint density at radius 1 is 1.20 bits per heavy atom. The maximum Gasteiger partial charge on any atom is 0.251 e. The molecule has 1 fully saturated rings. The van der Waals surface area contributed by atoms with Crippen molar-refractivity contribution in [3.8, 4) is 11.5 Å². The number of rotatable bonds is 5. The fourth-order valence-electron chi connectivity index (χ4n) is 4.16. The van der Waals surface area contributed by atoms with E-state index in [1.165, 1.54) is 0 Å². The summed E-state index contributed by atoms with van der Waals surface area (Å²) in [5.74, 6) is 1.44. The van der Waals surface area contributed by atoms with Crippen molar-refractivity contribution in [2.45, 2.75) is 38.5 Å². The van der Waals surface area contributed by atoms with Gasteiger partial charge in [0.1, 0.15) is 17.1 Å². The van der Waals surface area contributed by atoms with Gasteiger partial charge in [0.05, 0.1) is 26.4 Å². The average molecular weight is 411 g/mol. The maximum atomic E-state index is 13.1. The van der Waals surface area contributed by atoms with Gasteiger partial charge in [-0.3, -0.25) is 9.69 Å². The lowest BCUT2D eigenvalue weighted by Gasteiger charge is -2.38. The van der Waals surface area contributed by atoms with E-state index in [0.717, 1.165) is 55.5 Å². The Labute approximate surface area is 178 Å². The van der Waals surface area contributed by atoms with Crippen LogP contribution in [0.2, 0.25) is 0 Å². The van der Waals surface area contributed by atoms with Crippen LogP contribution >= 0.6 is 0 Å². The summed E-state index contributed by atoms with van der Waals surface area (Å²) < 4.78 is 16.9. The topological polar surface area (TPSA) is 60.0 Å². The van der Waals surface area contributed by atoms with Gasteiger partial charge in [0.2, 0.25) is 0 Å². The molecule has 2 heterocycles. The number of carbonyl (C=O) groups excluding carboxylic acids is 1. The highest BCUT2D eigenvalue weighted by molar-refractivity contribution is 5.94. The van der Waals surface area contributed by atoms with Crippen LogP contribution in [0.3, 0.4) is 0 Å². The molecule has 6 nitrogen and oxygen atoms in total. The lowest BCUT2D eigenvalue weighted by Crippen LogP contribution is -2.41. The van der Waals surface area contributed by atoms with E-state index in [2.05, 4.69) is 16.3 Å². The van der Waals surface area contributed by atoms with Crippen molar-refractivity contribution in [3.05, 3.63) is 59.2 Å². The molecule has 160 valence electrons. The van der Waals surface area contributed by atoms with Gasteiger partial charge in [-0.1, -0.05) is 12.1 Å². The standard InChI is InChI=1S/C24H30N2O4/c1-24(2)15-21(20-8-7-19(28-3)14-22(20)30-24)25-23(27)18-6-4-5-17(13-18)16-26-9-11-29-12-10-26/h4-8,13-14,21H,9-12,15-16H2,1-3H3,(H,25,27)/t21-/m0/s1. The molecule has 0 saturated carbocycles. The molecule has 0 aliphatic carbocycles. The molecule has 1 amide bonds. The zero-order valence-electron chi connectivity index (χ0n) is 17.9. The molecule has 0 aromatic heterocycles. The first-order chi connectivity index (χ1) is 14.4. The summed E-state index contributed by atoms with van der Waals surface area (Å²) in [5, 5.41) is 3.22. The molecular weight excluding hydrogens is 380 g/mol. The lowest BCUT2D eigenvalue weighted by molar-refractivity contribution is 0.0341. The van der Waals surface area contributed by atoms with E-state index in [4.69, 9.17) is 14.2 Å². The Morgan fingerprint density at radius 2 is 2.00 bits per heavy atom. The summed E-state index contributed by atoms with van der Waals surface area (Å²) in [7, 11) is 1.64. The number of benzene rings is 2. The number of hydrogen-bond acceptors (Lipinski definition) is 5. The molecule has 4 rings (SSSR count). The van der Waals surface area contributed by atoms with Gasteiger partial charge in [-0.25, -0.2) is 0 Å². The minimum absolute atomic E-state index is 0.0664. The fraction of sp³-hybridized carbons (Fsp3) is 0.458. The molecule has 30 heavy (non-hydrogen) atoms. The first-order valence-electron chi connectivity index (χ1n) is 10.5. The summed E-state index contributed by atoms with van der Waals surface area (Å²) in [6.45, 7) is 8.29. The average Bonchev–Trinajstić information content (AvgIpc) is 2.73. The Hall–Kier alpha value is -2.57. The van der Waals surface area contributed by atoms with E-state index in [-0.39, 0.29) is 17.6 Å². The number of amides is 1. The minimum Gasteiger partial charge on any atom is -0.497 e. The van der Waals surface area contributed by atoms with Crippen molar-refractivity contribution < 1.29 is 19.0 Å². The molecule has 1 atom stereocenters. The van der Waals surface area contributed by atoms with Gasteiger partial charge in [-0.2, -0.15) is 0 Å². The van der Waals surface area contributed by atoms with Crippen molar-refractivity contribution in [3.63, 3.8) is 0 Å². The largest absolute Gasteiger partial charge is 0.497 e. The minimum atomic E-state index is -0.379. The highest BCUT2D eigenvalue weighted by atomic mass is 16.5. The Bertz CT molecular complexity index is 906. The third kappa shape index (κ3) is 4.77. The van der Waals surface area contributed by atoms with Crippen molar-refractivity contribution in [1.82, 2.24) is 10.2 Å². The number of nitrogens with one attached hydrogen (secondary N) is 1. The van der Waals surface area contributed by atoms with Gasteiger partial charge in [0.25, 0.3) is 5.91 Å². The number of fused-ring (bicyclic) bond motifs is 1. The third-order valence-electron chi connectivity index (χ3n) is 5.68.